The van der Waals surface area contributed by atoms with Crippen molar-refractivity contribution in [3.63, 3.8) is 0 Å². The number of hydrogen-bond acceptors (Lipinski definition) is 3. The van der Waals surface area contributed by atoms with E-state index in [9.17, 15) is 4.79 Å². The Morgan fingerprint density at radius 1 is 1.50 bits per heavy atom. The third-order valence-corrected chi connectivity index (χ3v) is 4.49. The van der Waals surface area contributed by atoms with Gasteiger partial charge in [0, 0.05) is 43.7 Å². The highest BCUT2D eigenvalue weighted by molar-refractivity contribution is 5.80. The van der Waals surface area contributed by atoms with Crippen molar-refractivity contribution in [3.8, 4) is 0 Å². The predicted molar refractivity (Wildman–Crippen MR) is 90.6 cm³/mol. The topological polar surface area (TPSA) is 38.1 Å². The van der Waals surface area contributed by atoms with Crippen LogP contribution in [0.3, 0.4) is 0 Å². The van der Waals surface area contributed by atoms with E-state index in [2.05, 4.69) is 22.8 Å². The fourth-order valence-electron chi connectivity index (χ4n) is 3.01. The second kappa shape index (κ2) is 7.73. The van der Waals surface area contributed by atoms with Crippen LogP contribution in [0.2, 0.25) is 0 Å². The van der Waals surface area contributed by atoms with Crippen LogP contribution in [0, 0.1) is 11.8 Å². The summed E-state index contributed by atoms with van der Waals surface area (Å²) in [6.45, 7) is 14.0. The molecular weight excluding hydrogens is 274 g/mol. The molecule has 1 atom stereocenters. The number of Topliss-reactive ketones (excluding diaryl/α,β-unsaturated/α-hetero) is 1. The Morgan fingerprint density at radius 2 is 2.27 bits per heavy atom. The summed E-state index contributed by atoms with van der Waals surface area (Å²) in [6.07, 6.45) is 7.13. The maximum atomic E-state index is 11.8. The number of rotatable bonds is 7. The molecule has 1 aliphatic heterocycles. The van der Waals surface area contributed by atoms with Crippen molar-refractivity contribution < 1.29 is 4.79 Å². The number of carbonyl (C=O) groups is 1. The summed E-state index contributed by atoms with van der Waals surface area (Å²) < 4.78 is 2.04. The average Bonchev–Trinajstić information content (AvgIpc) is 2.93. The fraction of sp³-hybridized carbons (Fsp3) is 0.667. The van der Waals surface area contributed by atoms with Gasteiger partial charge in [-0.3, -0.25) is 9.48 Å². The van der Waals surface area contributed by atoms with Crippen LogP contribution < -0.4 is 0 Å². The van der Waals surface area contributed by atoms with Crippen LogP contribution in [-0.4, -0.2) is 40.1 Å². The van der Waals surface area contributed by atoms with Crippen LogP contribution in [0.4, 0.5) is 0 Å². The van der Waals surface area contributed by atoms with Crippen LogP contribution in [0.1, 0.15) is 45.6 Å². The summed E-state index contributed by atoms with van der Waals surface area (Å²) in [4.78, 5) is 14.2. The summed E-state index contributed by atoms with van der Waals surface area (Å²) in [6, 6.07) is 0. The van der Waals surface area contributed by atoms with E-state index in [4.69, 9.17) is 0 Å². The molecule has 1 aromatic rings. The predicted octanol–water partition coefficient (Wildman–Crippen LogP) is 3.24. The maximum absolute atomic E-state index is 11.8. The normalized spacial score (nSPS) is 19.5. The number of ketones is 1. The SMILES string of the molecule is C=C(C)c1cnn(C[C@@H]2CCCN(CCC(=O)C(C)C)C2)c1. The molecule has 22 heavy (non-hydrogen) atoms. The molecule has 4 nitrogen and oxygen atoms in total. The second-order valence-corrected chi connectivity index (χ2v) is 6.91. The minimum absolute atomic E-state index is 0.158. The Bertz CT molecular complexity index is 518. The molecule has 0 aromatic carbocycles. The molecule has 0 radical (unpaired) electrons. The molecule has 0 aliphatic carbocycles. The lowest BCUT2D eigenvalue weighted by Crippen LogP contribution is -2.38. The van der Waals surface area contributed by atoms with Crippen molar-refractivity contribution in [1.82, 2.24) is 14.7 Å². The molecule has 1 saturated heterocycles. The third-order valence-electron chi connectivity index (χ3n) is 4.49. The van der Waals surface area contributed by atoms with Crippen molar-refractivity contribution in [2.24, 2.45) is 11.8 Å². The van der Waals surface area contributed by atoms with Gasteiger partial charge < -0.3 is 4.90 Å². The Morgan fingerprint density at radius 3 is 2.91 bits per heavy atom. The first-order valence-electron chi connectivity index (χ1n) is 8.39. The molecule has 0 saturated carbocycles. The molecule has 0 spiro atoms. The smallest absolute Gasteiger partial charge is 0.136 e. The zero-order valence-corrected chi connectivity index (χ0v) is 14.2. The van der Waals surface area contributed by atoms with Crippen molar-refractivity contribution in [1.29, 1.82) is 0 Å². The van der Waals surface area contributed by atoms with Gasteiger partial charge in [0.1, 0.15) is 5.78 Å². The zero-order chi connectivity index (χ0) is 16.1. The van der Waals surface area contributed by atoms with Gasteiger partial charge in [0.15, 0.2) is 0 Å². The molecule has 1 aromatic heterocycles. The Balaban J connectivity index is 1.82. The number of likely N-dealkylation sites (tertiary alicyclic amines) is 1. The summed E-state index contributed by atoms with van der Waals surface area (Å²) in [5.74, 6) is 1.16. The first-order valence-corrected chi connectivity index (χ1v) is 8.39. The molecule has 4 heteroatoms. The molecule has 2 heterocycles. The van der Waals surface area contributed by atoms with Gasteiger partial charge in [-0.25, -0.2) is 0 Å². The van der Waals surface area contributed by atoms with E-state index in [-0.39, 0.29) is 5.92 Å². The minimum atomic E-state index is 0.158. The van der Waals surface area contributed by atoms with Gasteiger partial charge in [0.05, 0.1) is 6.20 Å². The van der Waals surface area contributed by atoms with E-state index >= 15 is 0 Å². The van der Waals surface area contributed by atoms with Gasteiger partial charge in [-0.2, -0.15) is 5.10 Å². The van der Waals surface area contributed by atoms with E-state index in [0.29, 0.717) is 18.1 Å². The molecule has 2 rings (SSSR count). The van der Waals surface area contributed by atoms with E-state index in [1.165, 1.54) is 12.8 Å². The van der Waals surface area contributed by atoms with Gasteiger partial charge in [0.25, 0.3) is 0 Å². The van der Waals surface area contributed by atoms with E-state index in [1.807, 2.05) is 31.6 Å². The van der Waals surface area contributed by atoms with Gasteiger partial charge in [0.2, 0.25) is 0 Å². The summed E-state index contributed by atoms with van der Waals surface area (Å²) in [5, 5.41) is 4.44. The largest absolute Gasteiger partial charge is 0.303 e. The third kappa shape index (κ3) is 4.80. The van der Waals surface area contributed by atoms with Gasteiger partial charge in [-0.1, -0.05) is 20.4 Å². The average molecular weight is 303 g/mol. The second-order valence-electron chi connectivity index (χ2n) is 6.91. The van der Waals surface area contributed by atoms with E-state index in [0.717, 1.165) is 37.3 Å². The zero-order valence-electron chi connectivity index (χ0n) is 14.2. The number of allylic oxidation sites excluding steroid dienone is 1. The molecular formula is C18H29N3O. The number of carbonyl (C=O) groups excluding carboxylic acids is 1. The summed E-state index contributed by atoms with van der Waals surface area (Å²) >= 11 is 0. The minimum Gasteiger partial charge on any atom is -0.303 e. The van der Waals surface area contributed by atoms with Crippen molar-refractivity contribution in [3.05, 3.63) is 24.5 Å². The molecule has 1 fully saturated rings. The highest BCUT2D eigenvalue weighted by Crippen LogP contribution is 2.19. The van der Waals surface area contributed by atoms with Gasteiger partial charge >= 0.3 is 0 Å². The monoisotopic (exact) mass is 303 g/mol. The fourth-order valence-corrected chi connectivity index (χ4v) is 3.01. The van der Waals surface area contributed by atoms with Crippen LogP contribution in [0.25, 0.3) is 5.57 Å². The number of piperidine rings is 1. The van der Waals surface area contributed by atoms with Crippen LogP contribution >= 0.6 is 0 Å². The van der Waals surface area contributed by atoms with Crippen molar-refractivity contribution in [2.75, 3.05) is 19.6 Å². The lowest BCUT2D eigenvalue weighted by molar-refractivity contribution is -0.122. The summed E-state index contributed by atoms with van der Waals surface area (Å²) in [7, 11) is 0. The molecule has 0 bridgehead atoms. The lowest BCUT2D eigenvalue weighted by atomic mass is 9.97. The molecule has 0 unspecified atom stereocenters. The van der Waals surface area contributed by atoms with Crippen molar-refractivity contribution >= 4 is 11.4 Å². The molecule has 1 aliphatic rings. The standard InChI is InChI=1S/C18H29N3O/c1-14(2)17-10-19-21(13-17)12-16-6-5-8-20(11-16)9-7-18(22)15(3)4/h10,13,15-16H,1,5-9,11-12H2,2-4H3/t16-/m1/s1. The Kier molecular flexibility index (Phi) is 5.95. The highest BCUT2D eigenvalue weighted by Gasteiger charge is 2.21. The van der Waals surface area contributed by atoms with Gasteiger partial charge in [-0.05, 0) is 37.8 Å². The highest BCUT2D eigenvalue weighted by atomic mass is 16.1. The van der Waals surface area contributed by atoms with Gasteiger partial charge in [-0.15, -0.1) is 0 Å². The van der Waals surface area contributed by atoms with Crippen LogP contribution in [0.5, 0.6) is 0 Å². The Hall–Kier alpha value is -1.42. The number of aromatic nitrogens is 2. The molecule has 0 amide bonds. The summed E-state index contributed by atoms with van der Waals surface area (Å²) in [5.41, 5.74) is 2.18. The number of nitrogens with zero attached hydrogens (tertiary/aromatic N) is 3. The quantitative estimate of drug-likeness (QED) is 0.776. The number of hydrogen-bond donors (Lipinski definition) is 0. The van der Waals surface area contributed by atoms with Crippen LogP contribution in [-0.2, 0) is 11.3 Å². The van der Waals surface area contributed by atoms with E-state index < -0.39 is 0 Å². The Labute approximate surface area is 134 Å². The first kappa shape index (κ1) is 16.9. The van der Waals surface area contributed by atoms with E-state index in [1.54, 1.807) is 0 Å². The first-order chi connectivity index (χ1) is 10.5. The maximum Gasteiger partial charge on any atom is 0.136 e. The molecule has 0 N–H and O–H groups in total. The molecule has 122 valence electrons. The van der Waals surface area contributed by atoms with Crippen LogP contribution in [0.15, 0.2) is 19.0 Å². The lowest BCUT2D eigenvalue weighted by Gasteiger charge is -2.32. The van der Waals surface area contributed by atoms with Crippen molar-refractivity contribution in [2.45, 2.75) is 46.6 Å².